The van der Waals surface area contributed by atoms with Gasteiger partial charge in [-0.3, -0.25) is 0 Å². The van der Waals surface area contributed by atoms with Gasteiger partial charge in [0.1, 0.15) is 0 Å². The Morgan fingerprint density at radius 3 is 2.81 bits per heavy atom. The lowest BCUT2D eigenvalue weighted by Gasteiger charge is -2.12. The summed E-state index contributed by atoms with van der Waals surface area (Å²) in [5, 5.41) is 1.42. The summed E-state index contributed by atoms with van der Waals surface area (Å²) in [7, 11) is 0. The van der Waals surface area contributed by atoms with E-state index >= 15 is 0 Å². The van der Waals surface area contributed by atoms with Crippen LogP contribution in [0, 0.1) is 0 Å². The minimum atomic E-state index is 0.281. The number of hydrogen-bond acceptors (Lipinski definition) is 1. The first-order chi connectivity index (χ1) is 7.80. The molecular weight excluding hydrogens is 196 g/mol. The molecule has 0 aliphatic heterocycles. The summed E-state index contributed by atoms with van der Waals surface area (Å²) in [6.07, 6.45) is 5.75. The van der Waals surface area contributed by atoms with Gasteiger partial charge in [-0.25, -0.2) is 0 Å². The molecule has 0 amide bonds. The van der Waals surface area contributed by atoms with Crippen LogP contribution in [0.2, 0.25) is 0 Å². The fraction of sp³-hybridized carbons (Fsp3) is 0.429. The lowest BCUT2D eigenvalue weighted by atomic mass is 9.92. The maximum Gasteiger partial charge on any atom is 0.0459 e. The number of rotatable bonds is 3. The molecule has 3 N–H and O–H groups in total. The monoisotopic (exact) mass is 214 g/mol. The third-order valence-electron chi connectivity index (χ3n) is 3.99. The standard InChI is InChI=1S/C14H18N2/c1-2-10-4-3-5-12-13(10)11(8-16-12)14(9-15)6-7-14/h3-5,8,16H,2,6-7,9,15H2,1H3. The van der Waals surface area contributed by atoms with E-state index in [1.54, 1.807) is 0 Å². The Morgan fingerprint density at radius 1 is 1.38 bits per heavy atom. The molecule has 3 rings (SSSR count). The molecule has 0 atom stereocenters. The minimum absolute atomic E-state index is 0.281. The van der Waals surface area contributed by atoms with Crippen LogP contribution in [0.25, 0.3) is 10.9 Å². The number of aromatic nitrogens is 1. The molecule has 1 aromatic carbocycles. The lowest BCUT2D eigenvalue weighted by Crippen LogP contribution is -2.19. The molecule has 0 radical (unpaired) electrons. The van der Waals surface area contributed by atoms with Crippen LogP contribution in [-0.2, 0) is 11.8 Å². The van der Waals surface area contributed by atoms with Gasteiger partial charge < -0.3 is 10.7 Å². The van der Waals surface area contributed by atoms with Gasteiger partial charge in [-0.1, -0.05) is 19.1 Å². The Balaban J connectivity index is 2.26. The third kappa shape index (κ3) is 1.23. The van der Waals surface area contributed by atoms with E-state index in [9.17, 15) is 0 Å². The highest BCUT2D eigenvalue weighted by atomic mass is 14.7. The maximum atomic E-state index is 5.93. The highest BCUT2D eigenvalue weighted by Gasteiger charge is 2.44. The zero-order valence-electron chi connectivity index (χ0n) is 9.72. The Kier molecular flexibility index (Phi) is 2.08. The summed E-state index contributed by atoms with van der Waals surface area (Å²) >= 11 is 0. The van der Waals surface area contributed by atoms with E-state index in [-0.39, 0.29) is 5.41 Å². The van der Waals surface area contributed by atoms with Gasteiger partial charge in [0.15, 0.2) is 0 Å². The smallest absolute Gasteiger partial charge is 0.0459 e. The molecule has 2 aromatic rings. The fourth-order valence-electron chi connectivity index (χ4n) is 2.71. The van der Waals surface area contributed by atoms with Crippen LogP contribution in [0.3, 0.4) is 0 Å². The Hall–Kier alpha value is -1.28. The molecule has 2 nitrogen and oxygen atoms in total. The summed E-state index contributed by atoms with van der Waals surface area (Å²) in [5.41, 5.74) is 10.4. The van der Waals surface area contributed by atoms with E-state index in [4.69, 9.17) is 5.73 Å². The van der Waals surface area contributed by atoms with E-state index in [1.165, 1.54) is 34.9 Å². The number of benzene rings is 1. The molecule has 0 bridgehead atoms. The van der Waals surface area contributed by atoms with Crippen molar-refractivity contribution in [2.75, 3.05) is 6.54 Å². The van der Waals surface area contributed by atoms with Gasteiger partial charge in [-0.2, -0.15) is 0 Å². The molecule has 1 heterocycles. The first kappa shape index (κ1) is 9.91. The van der Waals surface area contributed by atoms with Crippen LogP contribution in [0.15, 0.2) is 24.4 Å². The maximum absolute atomic E-state index is 5.93. The number of hydrogen-bond donors (Lipinski definition) is 2. The Bertz CT molecular complexity index is 521. The zero-order valence-corrected chi connectivity index (χ0v) is 9.72. The summed E-state index contributed by atoms with van der Waals surface area (Å²) in [6.45, 7) is 2.99. The van der Waals surface area contributed by atoms with Crippen LogP contribution in [0.5, 0.6) is 0 Å². The van der Waals surface area contributed by atoms with Gasteiger partial charge in [0.2, 0.25) is 0 Å². The topological polar surface area (TPSA) is 41.8 Å². The zero-order chi connectivity index (χ0) is 11.2. The summed E-state index contributed by atoms with van der Waals surface area (Å²) in [4.78, 5) is 3.39. The van der Waals surface area contributed by atoms with E-state index in [1.807, 2.05) is 0 Å². The molecule has 2 heteroatoms. The van der Waals surface area contributed by atoms with Crippen LogP contribution in [0.1, 0.15) is 30.9 Å². The number of aromatic amines is 1. The molecule has 1 aliphatic carbocycles. The largest absolute Gasteiger partial charge is 0.361 e. The molecule has 84 valence electrons. The molecule has 0 unspecified atom stereocenters. The van der Waals surface area contributed by atoms with Gasteiger partial charge >= 0.3 is 0 Å². The SMILES string of the molecule is CCc1cccc2[nH]cc(C3(CN)CC3)c12. The molecule has 1 fully saturated rings. The number of aryl methyl sites for hydroxylation is 1. The second-order valence-corrected chi connectivity index (χ2v) is 4.88. The van der Waals surface area contributed by atoms with Crippen molar-refractivity contribution in [3.05, 3.63) is 35.5 Å². The van der Waals surface area contributed by atoms with Crippen molar-refractivity contribution < 1.29 is 0 Å². The first-order valence-corrected chi connectivity index (χ1v) is 6.10. The average Bonchev–Trinajstić information content (AvgIpc) is 3.01. The Morgan fingerprint density at radius 2 is 2.19 bits per heavy atom. The predicted molar refractivity (Wildman–Crippen MR) is 67.6 cm³/mol. The molecule has 1 aromatic heterocycles. The van der Waals surface area contributed by atoms with Crippen molar-refractivity contribution in [1.29, 1.82) is 0 Å². The summed E-state index contributed by atoms with van der Waals surface area (Å²) in [5.74, 6) is 0. The van der Waals surface area contributed by atoms with Crippen molar-refractivity contribution in [2.45, 2.75) is 31.6 Å². The molecule has 16 heavy (non-hydrogen) atoms. The highest BCUT2D eigenvalue weighted by Crippen LogP contribution is 2.50. The van der Waals surface area contributed by atoms with Crippen molar-refractivity contribution in [2.24, 2.45) is 5.73 Å². The van der Waals surface area contributed by atoms with Gasteiger partial charge in [-0.05, 0) is 36.5 Å². The molecular formula is C14H18N2. The van der Waals surface area contributed by atoms with Crippen LogP contribution < -0.4 is 5.73 Å². The summed E-state index contributed by atoms with van der Waals surface area (Å²) in [6, 6.07) is 6.51. The number of fused-ring (bicyclic) bond motifs is 1. The minimum Gasteiger partial charge on any atom is -0.361 e. The summed E-state index contributed by atoms with van der Waals surface area (Å²) < 4.78 is 0. The quantitative estimate of drug-likeness (QED) is 0.810. The van der Waals surface area contributed by atoms with Gasteiger partial charge in [0.05, 0.1) is 0 Å². The fourth-order valence-corrected chi connectivity index (χ4v) is 2.71. The second-order valence-electron chi connectivity index (χ2n) is 4.88. The number of nitrogens with one attached hydrogen (secondary N) is 1. The van der Waals surface area contributed by atoms with E-state index < -0.39 is 0 Å². The van der Waals surface area contributed by atoms with Crippen molar-refractivity contribution in [1.82, 2.24) is 4.98 Å². The Labute approximate surface area is 95.8 Å². The van der Waals surface area contributed by atoms with Gasteiger partial charge in [0.25, 0.3) is 0 Å². The van der Waals surface area contributed by atoms with E-state index in [0.29, 0.717) is 0 Å². The molecule has 0 spiro atoms. The van der Waals surface area contributed by atoms with Crippen LogP contribution >= 0.6 is 0 Å². The van der Waals surface area contributed by atoms with Crippen molar-refractivity contribution in [3.63, 3.8) is 0 Å². The second kappa shape index (κ2) is 3.36. The first-order valence-electron chi connectivity index (χ1n) is 6.10. The third-order valence-corrected chi connectivity index (χ3v) is 3.99. The highest BCUT2D eigenvalue weighted by molar-refractivity contribution is 5.88. The molecule has 1 aliphatic rings. The normalized spacial score (nSPS) is 17.9. The molecule has 0 saturated heterocycles. The number of nitrogens with two attached hydrogens (primary N) is 1. The molecule has 1 saturated carbocycles. The average molecular weight is 214 g/mol. The van der Waals surface area contributed by atoms with Crippen molar-refractivity contribution in [3.8, 4) is 0 Å². The van der Waals surface area contributed by atoms with Crippen molar-refractivity contribution >= 4 is 10.9 Å². The number of H-pyrrole nitrogens is 1. The van der Waals surface area contributed by atoms with Gasteiger partial charge in [0, 0.05) is 29.1 Å². The lowest BCUT2D eigenvalue weighted by molar-refractivity contribution is 0.710. The van der Waals surface area contributed by atoms with E-state index in [2.05, 4.69) is 36.3 Å². The van der Waals surface area contributed by atoms with Crippen LogP contribution in [-0.4, -0.2) is 11.5 Å². The van der Waals surface area contributed by atoms with Crippen LogP contribution in [0.4, 0.5) is 0 Å². The van der Waals surface area contributed by atoms with Gasteiger partial charge in [-0.15, -0.1) is 0 Å². The van der Waals surface area contributed by atoms with E-state index in [0.717, 1.165) is 13.0 Å². The predicted octanol–water partition coefficient (Wildman–Crippen LogP) is 2.72.